The van der Waals surface area contributed by atoms with Gasteiger partial charge in [0.15, 0.2) is 0 Å². The molecule has 0 aromatic heterocycles. The minimum absolute atomic E-state index is 0.213. The van der Waals surface area contributed by atoms with Gasteiger partial charge in [-0.3, -0.25) is 4.79 Å². The van der Waals surface area contributed by atoms with E-state index in [1.54, 1.807) is 25.3 Å². The summed E-state index contributed by atoms with van der Waals surface area (Å²) in [5, 5.41) is 2.82. The molecule has 4 heteroatoms. The summed E-state index contributed by atoms with van der Waals surface area (Å²) in [5.41, 5.74) is 2.29. The van der Waals surface area contributed by atoms with E-state index in [0.717, 1.165) is 16.9 Å². The summed E-state index contributed by atoms with van der Waals surface area (Å²) in [5.74, 6) is 1.27. The molecule has 3 rings (SSSR count). The second kappa shape index (κ2) is 6.85. The Balaban J connectivity index is 1.71. The lowest BCUT2D eigenvalue weighted by atomic mass is 10.0. The highest BCUT2D eigenvalue weighted by atomic mass is 16.5. The summed E-state index contributed by atoms with van der Waals surface area (Å²) in [7, 11) is 1.57. The van der Waals surface area contributed by atoms with Gasteiger partial charge in [0.05, 0.1) is 12.8 Å². The Hall–Kier alpha value is -3.01. The van der Waals surface area contributed by atoms with Crippen LogP contribution in [0.2, 0.25) is 0 Å². The largest absolute Gasteiger partial charge is 0.495 e. The number of hydrogen-bond donors (Lipinski definition) is 1. The van der Waals surface area contributed by atoms with Crippen LogP contribution in [0.3, 0.4) is 0 Å². The number of amides is 1. The number of benzene rings is 2. The molecule has 0 saturated heterocycles. The number of anilines is 1. The van der Waals surface area contributed by atoms with Crippen molar-refractivity contribution in [2.75, 3.05) is 12.4 Å². The third-order valence-electron chi connectivity index (χ3n) is 3.86. The third-order valence-corrected chi connectivity index (χ3v) is 3.86. The predicted molar refractivity (Wildman–Crippen MR) is 101 cm³/mol. The first-order chi connectivity index (χ1) is 12.0. The van der Waals surface area contributed by atoms with E-state index in [1.807, 2.05) is 56.3 Å². The van der Waals surface area contributed by atoms with Crippen molar-refractivity contribution in [1.82, 2.24) is 0 Å². The molecule has 2 aromatic rings. The molecule has 1 heterocycles. The van der Waals surface area contributed by atoms with Crippen LogP contribution in [0.15, 0.2) is 54.6 Å². The molecule has 4 nitrogen and oxygen atoms in total. The van der Waals surface area contributed by atoms with E-state index in [1.165, 1.54) is 6.08 Å². The van der Waals surface area contributed by atoms with E-state index in [0.29, 0.717) is 11.4 Å². The Labute approximate surface area is 147 Å². The molecular weight excluding hydrogens is 314 g/mol. The number of methoxy groups -OCH3 is 1. The van der Waals surface area contributed by atoms with Crippen LogP contribution >= 0.6 is 0 Å². The quantitative estimate of drug-likeness (QED) is 0.835. The zero-order valence-corrected chi connectivity index (χ0v) is 14.6. The van der Waals surface area contributed by atoms with E-state index >= 15 is 0 Å². The number of para-hydroxylation sites is 2. The van der Waals surface area contributed by atoms with Crippen molar-refractivity contribution in [3.05, 3.63) is 65.7 Å². The van der Waals surface area contributed by atoms with Crippen molar-refractivity contribution in [1.29, 1.82) is 0 Å². The van der Waals surface area contributed by atoms with Crippen molar-refractivity contribution in [2.24, 2.45) is 0 Å². The topological polar surface area (TPSA) is 47.6 Å². The maximum Gasteiger partial charge on any atom is 0.248 e. The normalized spacial score (nSPS) is 14.7. The molecule has 0 radical (unpaired) electrons. The van der Waals surface area contributed by atoms with Crippen molar-refractivity contribution < 1.29 is 14.3 Å². The Kier molecular flexibility index (Phi) is 4.61. The van der Waals surface area contributed by atoms with E-state index in [2.05, 4.69) is 5.32 Å². The lowest BCUT2D eigenvalue weighted by Gasteiger charge is -2.27. The molecule has 128 valence electrons. The maximum atomic E-state index is 12.1. The van der Waals surface area contributed by atoms with Gasteiger partial charge in [0.1, 0.15) is 17.1 Å². The van der Waals surface area contributed by atoms with Gasteiger partial charge in [0.25, 0.3) is 0 Å². The molecule has 1 aliphatic rings. The van der Waals surface area contributed by atoms with Crippen molar-refractivity contribution in [3.8, 4) is 11.5 Å². The lowest BCUT2D eigenvalue weighted by Crippen LogP contribution is -2.27. The average Bonchev–Trinajstić information content (AvgIpc) is 2.60. The minimum atomic E-state index is -0.293. The molecule has 25 heavy (non-hydrogen) atoms. The molecule has 0 bridgehead atoms. The van der Waals surface area contributed by atoms with E-state index in [4.69, 9.17) is 9.47 Å². The standard InChI is InChI=1S/C21H21NO3/c1-21(2)13-12-16-14-15(8-10-18(16)25-21)9-11-20(23)22-17-6-4-5-7-19(17)24-3/h4-14H,1-3H3,(H,22,23)/b11-9+. The van der Waals surface area contributed by atoms with Crippen LogP contribution in [-0.4, -0.2) is 18.6 Å². The molecule has 0 aliphatic carbocycles. The zero-order chi connectivity index (χ0) is 17.9. The van der Waals surface area contributed by atoms with Gasteiger partial charge >= 0.3 is 0 Å². The van der Waals surface area contributed by atoms with Gasteiger partial charge in [-0.15, -0.1) is 0 Å². The number of carbonyl (C=O) groups excluding carboxylic acids is 1. The molecule has 0 spiro atoms. The molecule has 1 amide bonds. The number of hydrogen-bond acceptors (Lipinski definition) is 3. The lowest BCUT2D eigenvalue weighted by molar-refractivity contribution is -0.111. The Morgan fingerprint density at radius 2 is 2.00 bits per heavy atom. The predicted octanol–water partition coefficient (Wildman–Crippen LogP) is 4.53. The fourth-order valence-corrected chi connectivity index (χ4v) is 2.60. The van der Waals surface area contributed by atoms with Crippen LogP contribution in [0, 0.1) is 0 Å². The molecule has 0 unspecified atom stereocenters. The van der Waals surface area contributed by atoms with Crippen LogP contribution in [0.25, 0.3) is 12.2 Å². The highest BCUT2D eigenvalue weighted by Gasteiger charge is 2.21. The second-order valence-electron chi connectivity index (χ2n) is 6.36. The van der Waals surface area contributed by atoms with Gasteiger partial charge in [-0.1, -0.05) is 24.3 Å². The van der Waals surface area contributed by atoms with Crippen molar-refractivity contribution in [2.45, 2.75) is 19.4 Å². The number of nitrogens with one attached hydrogen (secondary N) is 1. The van der Waals surface area contributed by atoms with Gasteiger partial charge in [-0.2, -0.15) is 0 Å². The Bertz CT molecular complexity index is 850. The van der Waals surface area contributed by atoms with Crippen molar-refractivity contribution >= 4 is 23.7 Å². The number of carbonyl (C=O) groups is 1. The number of fused-ring (bicyclic) bond motifs is 1. The van der Waals surface area contributed by atoms with E-state index in [-0.39, 0.29) is 11.5 Å². The second-order valence-corrected chi connectivity index (χ2v) is 6.36. The molecule has 1 N–H and O–H groups in total. The van der Waals surface area contributed by atoms with Gasteiger partial charge in [-0.05, 0) is 55.8 Å². The maximum absolute atomic E-state index is 12.1. The van der Waals surface area contributed by atoms with Gasteiger partial charge in [-0.25, -0.2) is 0 Å². The molecule has 0 fully saturated rings. The molecular formula is C21H21NO3. The molecule has 1 aliphatic heterocycles. The molecule has 0 atom stereocenters. The van der Waals surface area contributed by atoms with Crippen LogP contribution in [-0.2, 0) is 4.79 Å². The van der Waals surface area contributed by atoms with E-state index < -0.39 is 0 Å². The summed E-state index contributed by atoms with van der Waals surface area (Å²) in [6, 6.07) is 13.2. The Morgan fingerprint density at radius 3 is 2.80 bits per heavy atom. The monoisotopic (exact) mass is 335 g/mol. The van der Waals surface area contributed by atoms with Gasteiger partial charge in [0, 0.05) is 11.6 Å². The van der Waals surface area contributed by atoms with Gasteiger partial charge in [0.2, 0.25) is 5.91 Å². The summed E-state index contributed by atoms with van der Waals surface area (Å²) < 4.78 is 11.1. The van der Waals surface area contributed by atoms with Crippen LogP contribution in [0.5, 0.6) is 11.5 Å². The third kappa shape index (κ3) is 4.10. The minimum Gasteiger partial charge on any atom is -0.495 e. The fourth-order valence-electron chi connectivity index (χ4n) is 2.60. The highest BCUT2D eigenvalue weighted by molar-refractivity contribution is 6.02. The molecule has 0 saturated carbocycles. The molecule has 2 aromatic carbocycles. The number of ether oxygens (including phenoxy) is 2. The first-order valence-electron chi connectivity index (χ1n) is 8.11. The summed E-state index contributed by atoms with van der Waals surface area (Å²) in [6.45, 7) is 4.03. The highest BCUT2D eigenvalue weighted by Crippen LogP contribution is 2.31. The van der Waals surface area contributed by atoms with Crippen molar-refractivity contribution in [3.63, 3.8) is 0 Å². The Morgan fingerprint density at radius 1 is 1.20 bits per heavy atom. The summed E-state index contributed by atoms with van der Waals surface area (Å²) in [4.78, 5) is 12.1. The first kappa shape index (κ1) is 16.8. The summed E-state index contributed by atoms with van der Waals surface area (Å²) in [6.07, 6.45) is 7.35. The van der Waals surface area contributed by atoms with Crippen LogP contribution < -0.4 is 14.8 Å². The summed E-state index contributed by atoms with van der Waals surface area (Å²) >= 11 is 0. The SMILES string of the molecule is COc1ccccc1NC(=O)/C=C/c1ccc2c(c1)C=CC(C)(C)O2. The smallest absolute Gasteiger partial charge is 0.248 e. The van der Waals surface area contributed by atoms with E-state index in [9.17, 15) is 4.79 Å². The van der Waals surface area contributed by atoms with Crippen LogP contribution in [0.4, 0.5) is 5.69 Å². The zero-order valence-electron chi connectivity index (χ0n) is 14.6. The van der Waals surface area contributed by atoms with Gasteiger partial charge < -0.3 is 14.8 Å². The average molecular weight is 335 g/mol. The fraction of sp³-hybridized carbons (Fsp3) is 0.190. The number of rotatable bonds is 4. The van der Waals surface area contributed by atoms with Crippen LogP contribution in [0.1, 0.15) is 25.0 Å². The first-order valence-corrected chi connectivity index (χ1v) is 8.11.